The van der Waals surface area contributed by atoms with E-state index < -0.39 is 0 Å². The van der Waals surface area contributed by atoms with Gasteiger partial charge < -0.3 is 21.1 Å². The van der Waals surface area contributed by atoms with E-state index in [-0.39, 0.29) is 36.5 Å². The van der Waals surface area contributed by atoms with Gasteiger partial charge in [-0.1, -0.05) is 38.8 Å². The molecule has 0 heterocycles. The molecule has 0 spiro atoms. The molecule has 1 fully saturated rings. The number of hydrogen-bond donors (Lipinski definition) is 3. The highest BCUT2D eigenvalue weighted by Gasteiger charge is 2.23. The zero-order valence-corrected chi connectivity index (χ0v) is 20.3. The lowest BCUT2D eigenvalue weighted by molar-refractivity contribution is -0.123. The van der Waals surface area contributed by atoms with Gasteiger partial charge in [0.2, 0.25) is 0 Å². The third kappa shape index (κ3) is 11.9. The highest BCUT2D eigenvalue weighted by atomic mass is 127. The molecule has 1 amide bonds. The van der Waals surface area contributed by atoms with E-state index in [0.29, 0.717) is 30.3 Å². The first-order valence-electron chi connectivity index (χ1n) is 10.5. The van der Waals surface area contributed by atoms with Crippen molar-refractivity contribution in [3.8, 4) is 5.75 Å². The second kappa shape index (κ2) is 13.7. The Kier molecular flexibility index (Phi) is 12.0. The third-order valence-electron chi connectivity index (χ3n) is 4.73. The molecule has 0 radical (unpaired) electrons. The van der Waals surface area contributed by atoms with Gasteiger partial charge in [-0.05, 0) is 56.2 Å². The van der Waals surface area contributed by atoms with Crippen LogP contribution in [0.1, 0.15) is 58.4 Å². The summed E-state index contributed by atoms with van der Waals surface area (Å²) in [5.74, 6) is 1.91. The molecule has 2 rings (SSSR count). The number of carbonyl (C=O) groups excluding carboxylic acids is 1. The van der Waals surface area contributed by atoms with Crippen molar-refractivity contribution in [2.45, 2.75) is 71.4 Å². The third-order valence-corrected chi connectivity index (χ3v) is 4.73. The van der Waals surface area contributed by atoms with E-state index in [4.69, 9.17) is 10.5 Å². The van der Waals surface area contributed by atoms with Crippen molar-refractivity contribution >= 4 is 35.8 Å². The van der Waals surface area contributed by atoms with Gasteiger partial charge >= 0.3 is 0 Å². The Morgan fingerprint density at radius 3 is 2.52 bits per heavy atom. The van der Waals surface area contributed by atoms with Crippen molar-refractivity contribution < 1.29 is 9.53 Å². The zero-order chi connectivity index (χ0) is 20.4. The molecule has 0 aliphatic heterocycles. The number of benzene rings is 1. The van der Waals surface area contributed by atoms with Crippen LogP contribution >= 0.6 is 24.0 Å². The molecule has 1 saturated carbocycles. The van der Waals surface area contributed by atoms with Crippen LogP contribution in [-0.2, 0) is 11.2 Å². The van der Waals surface area contributed by atoms with E-state index in [1.165, 1.54) is 12.8 Å². The fourth-order valence-electron chi connectivity index (χ4n) is 2.91. The second-order valence-electron chi connectivity index (χ2n) is 8.16. The number of carbonyl (C=O) groups is 1. The largest absolute Gasteiger partial charge is 0.484 e. The van der Waals surface area contributed by atoms with Crippen LogP contribution in [0, 0.1) is 5.92 Å². The minimum absolute atomic E-state index is 0. The molecule has 0 bridgehead atoms. The molecule has 1 atom stereocenters. The summed E-state index contributed by atoms with van der Waals surface area (Å²) < 4.78 is 5.52. The van der Waals surface area contributed by atoms with Crippen LogP contribution in [0.15, 0.2) is 29.3 Å². The summed E-state index contributed by atoms with van der Waals surface area (Å²) in [5, 5.41) is 6.17. The predicted octanol–water partition coefficient (Wildman–Crippen LogP) is 3.62. The molecule has 1 aliphatic carbocycles. The summed E-state index contributed by atoms with van der Waals surface area (Å²) in [4.78, 5) is 16.1. The van der Waals surface area contributed by atoms with Crippen molar-refractivity contribution in [1.29, 1.82) is 0 Å². The molecule has 0 saturated heterocycles. The van der Waals surface area contributed by atoms with E-state index >= 15 is 0 Å². The SMILES string of the molecule is CC(C)CCCC(C)NC(N)=NCCc1ccc(OCC(=O)NC2CC2)cc1.I. The molecule has 1 aliphatic rings. The summed E-state index contributed by atoms with van der Waals surface area (Å²) in [6.07, 6.45) is 6.53. The number of amides is 1. The maximum atomic E-state index is 11.6. The number of halogens is 1. The summed E-state index contributed by atoms with van der Waals surface area (Å²) in [5.41, 5.74) is 7.15. The van der Waals surface area contributed by atoms with Crippen LogP contribution in [0.5, 0.6) is 5.75 Å². The Hall–Kier alpha value is -1.51. The normalized spacial score (nSPS) is 14.8. The maximum absolute atomic E-state index is 11.6. The number of rotatable bonds is 12. The minimum Gasteiger partial charge on any atom is -0.484 e. The second-order valence-corrected chi connectivity index (χ2v) is 8.16. The number of nitrogens with two attached hydrogens (primary N) is 1. The van der Waals surface area contributed by atoms with Crippen LogP contribution in [0.3, 0.4) is 0 Å². The van der Waals surface area contributed by atoms with Gasteiger partial charge in [-0.2, -0.15) is 0 Å². The Morgan fingerprint density at radius 2 is 1.90 bits per heavy atom. The molecule has 164 valence electrons. The molecule has 1 aromatic rings. The smallest absolute Gasteiger partial charge is 0.258 e. The standard InChI is InChI=1S/C22H36N4O2.HI/c1-16(2)5-4-6-17(3)25-22(23)24-14-13-18-7-11-20(12-8-18)28-15-21(27)26-19-9-10-19;/h7-8,11-12,16-17,19H,4-6,9-10,13-15H2,1-3H3,(H,26,27)(H3,23,24,25);1H. The van der Waals surface area contributed by atoms with Gasteiger partial charge in [-0.3, -0.25) is 9.79 Å². The van der Waals surface area contributed by atoms with Crippen molar-refractivity contribution in [1.82, 2.24) is 10.6 Å². The van der Waals surface area contributed by atoms with Gasteiger partial charge in [0.15, 0.2) is 12.6 Å². The van der Waals surface area contributed by atoms with Crippen molar-refractivity contribution in [3.63, 3.8) is 0 Å². The maximum Gasteiger partial charge on any atom is 0.258 e. The Balaban J connectivity index is 0.00000420. The number of guanidine groups is 1. The molecule has 29 heavy (non-hydrogen) atoms. The lowest BCUT2D eigenvalue weighted by Gasteiger charge is -2.15. The van der Waals surface area contributed by atoms with Gasteiger partial charge in [-0.15, -0.1) is 24.0 Å². The first-order chi connectivity index (χ1) is 13.4. The summed E-state index contributed by atoms with van der Waals surface area (Å²) in [6, 6.07) is 8.49. The Bertz CT molecular complexity index is 630. The predicted molar refractivity (Wildman–Crippen MR) is 130 cm³/mol. The van der Waals surface area contributed by atoms with Crippen molar-refractivity contribution in [2.24, 2.45) is 16.6 Å². The molecule has 7 heteroatoms. The molecule has 1 aromatic carbocycles. The van der Waals surface area contributed by atoms with E-state index in [0.717, 1.165) is 37.2 Å². The number of ether oxygens (including phenoxy) is 1. The molecule has 6 nitrogen and oxygen atoms in total. The van der Waals surface area contributed by atoms with Gasteiger partial charge in [0, 0.05) is 18.6 Å². The van der Waals surface area contributed by atoms with Crippen molar-refractivity contribution in [3.05, 3.63) is 29.8 Å². The van der Waals surface area contributed by atoms with Crippen molar-refractivity contribution in [2.75, 3.05) is 13.2 Å². The number of nitrogens with zero attached hydrogens (tertiary/aromatic N) is 1. The highest BCUT2D eigenvalue weighted by Crippen LogP contribution is 2.18. The van der Waals surface area contributed by atoms with E-state index in [2.05, 4.69) is 36.4 Å². The fourth-order valence-corrected chi connectivity index (χ4v) is 2.91. The topological polar surface area (TPSA) is 88.7 Å². The van der Waals surface area contributed by atoms with Crippen LogP contribution in [0.2, 0.25) is 0 Å². The number of nitrogens with one attached hydrogen (secondary N) is 2. The van der Waals surface area contributed by atoms with E-state index in [1.807, 2.05) is 24.3 Å². The van der Waals surface area contributed by atoms with Gasteiger partial charge in [-0.25, -0.2) is 0 Å². The molecule has 1 unspecified atom stereocenters. The van der Waals surface area contributed by atoms with E-state index in [1.54, 1.807) is 0 Å². The quantitative estimate of drug-likeness (QED) is 0.225. The summed E-state index contributed by atoms with van der Waals surface area (Å²) in [7, 11) is 0. The average Bonchev–Trinajstić information content (AvgIpc) is 3.44. The first kappa shape index (κ1) is 25.5. The number of aliphatic imine (C=N–C) groups is 1. The monoisotopic (exact) mass is 516 g/mol. The van der Waals surface area contributed by atoms with Gasteiger partial charge in [0.1, 0.15) is 5.75 Å². The first-order valence-corrected chi connectivity index (χ1v) is 10.5. The Labute approximate surface area is 192 Å². The van der Waals surface area contributed by atoms with Crippen LogP contribution in [0.4, 0.5) is 0 Å². The van der Waals surface area contributed by atoms with Crippen LogP contribution in [0.25, 0.3) is 0 Å². The summed E-state index contributed by atoms with van der Waals surface area (Å²) in [6.45, 7) is 7.35. The van der Waals surface area contributed by atoms with Crippen LogP contribution < -0.4 is 21.1 Å². The zero-order valence-electron chi connectivity index (χ0n) is 17.9. The lowest BCUT2D eigenvalue weighted by atomic mass is 10.0. The molecular formula is C22H37IN4O2. The molecular weight excluding hydrogens is 479 g/mol. The Morgan fingerprint density at radius 1 is 1.21 bits per heavy atom. The van der Waals surface area contributed by atoms with Gasteiger partial charge in [0.25, 0.3) is 5.91 Å². The number of hydrogen-bond acceptors (Lipinski definition) is 3. The lowest BCUT2D eigenvalue weighted by Crippen LogP contribution is -2.38. The minimum atomic E-state index is -0.0534. The van der Waals surface area contributed by atoms with Crippen LogP contribution in [-0.4, -0.2) is 37.1 Å². The molecule has 0 aromatic heterocycles. The fraction of sp³-hybridized carbons (Fsp3) is 0.636. The average molecular weight is 516 g/mol. The summed E-state index contributed by atoms with van der Waals surface area (Å²) >= 11 is 0. The molecule has 4 N–H and O–H groups in total. The van der Waals surface area contributed by atoms with E-state index in [9.17, 15) is 4.79 Å². The van der Waals surface area contributed by atoms with Gasteiger partial charge in [0.05, 0.1) is 0 Å². The highest BCUT2D eigenvalue weighted by molar-refractivity contribution is 14.0.